The lowest BCUT2D eigenvalue weighted by Gasteiger charge is -1.86. The van der Waals surface area contributed by atoms with Crippen molar-refractivity contribution in [3.8, 4) is 0 Å². The Balaban J connectivity index is 4.21. The Hall–Kier alpha value is -0.510. The number of Topliss-reactive ketones (excluding diaryl/α,β-unsaturated/α-hetero) is 1. The Morgan fingerprint density at radius 3 is 1.89 bits per heavy atom. The van der Waals surface area contributed by atoms with Crippen molar-refractivity contribution in [2.45, 2.75) is 0 Å². The zero-order valence-corrected chi connectivity index (χ0v) is 4.88. The quantitative estimate of drug-likeness (QED) is 0.443. The van der Waals surface area contributed by atoms with E-state index in [-0.39, 0.29) is 0 Å². The van der Waals surface area contributed by atoms with E-state index in [9.17, 15) is 18.0 Å². The van der Waals surface area contributed by atoms with Gasteiger partial charge in [0.15, 0.2) is 0 Å². The number of allylic oxidation sites excluding steroid dienone is 1. The first kappa shape index (κ1) is 8.49. The third-order valence-corrected chi connectivity index (χ3v) is 0.775. The van der Waals surface area contributed by atoms with Crippen molar-refractivity contribution >= 4 is 17.4 Å². The van der Waals surface area contributed by atoms with Gasteiger partial charge in [0.1, 0.15) is 0 Å². The minimum Gasteiger partial charge on any atom is -0.290 e. The molecule has 9 heavy (non-hydrogen) atoms. The van der Waals surface area contributed by atoms with E-state index in [1.165, 1.54) is 0 Å². The molecule has 0 aromatic rings. The van der Waals surface area contributed by atoms with Crippen molar-refractivity contribution in [2.75, 3.05) is 5.88 Å². The molecule has 0 N–H and O–H groups in total. The highest BCUT2D eigenvalue weighted by molar-refractivity contribution is 6.30. The van der Waals surface area contributed by atoms with E-state index in [0.717, 1.165) is 0 Å². The van der Waals surface area contributed by atoms with Crippen LogP contribution in [-0.2, 0) is 4.79 Å². The van der Waals surface area contributed by atoms with Crippen LogP contribution >= 0.6 is 11.6 Å². The molecule has 0 unspecified atom stereocenters. The third kappa shape index (κ3) is 2.51. The molecule has 0 atom stereocenters. The molecule has 0 fully saturated rings. The fourth-order valence-corrected chi connectivity index (χ4v) is 0.281. The highest BCUT2D eigenvalue weighted by Gasteiger charge is 2.13. The molecule has 5 heteroatoms. The first-order valence-corrected chi connectivity index (χ1v) is 2.43. The molecule has 0 amide bonds. The minimum absolute atomic E-state index is 0.761. The second-order valence-electron chi connectivity index (χ2n) is 1.13. The zero-order valence-electron chi connectivity index (χ0n) is 4.13. The van der Waals surface area contributed by atoms with Crippen LogP contribution in [0.4, 0.5) is 13.2 Å². The summed E-state index contributed by atoms with van der Waals surface area (Å²) in [6.07, 6.45) is -2.62. The van der Waals surface area contributed by atoms with Crippen molar-refractivity contribution in [1.82, 2.24) is 0 Å². The molecule has 0 bridgehead atoms. The molecular formula is C4H2ClF3O. The number of halogens is 4. The standard InChI is InChI=1S/C4H2ClF3O/c5-1-2(9)3(6)4(7)8/h1H2. The number of ketones is 1. The van der Waals surface area contributed by atoms with E-state index in [1.54, 1.807) is 0 Å². The zero-order chi connectivity index (χ0) is 7.44. The molecule has 0 saturated carbocycles. The molecule has 0 heterocycles. The van der Waals surface area contributed by atoms with Crippen LogP contribution in [0.5, 0.6) is 0 Å². The van der Waals surface area contributed by atoms with Crippen LogP contribution in [0.25, 0.3) is 0 Å². The van der Waals surface area contributed by atoms with Crippen molar-refractivity contribution < 1.29 is 18.0 Å². The summed E-state index contributed by atoms with van der Waals surface area (Å²) >= 11 is 4.73. The Bertz CT molecular complexity index is 150. The second-order valence-corrected chi connectivity index (χ2v) is 1.40. The summed E-state index contributed by atoms with van der Waals surface area (Å²) in [5.41, 5.74) is 0. The largest absolute Gasteiger partial charge is 0.309 e. The van der Waals surface area contributed by atoms with Gasteiger partial charge in [-0.25, -0.2) is 0 Å². The molecule has 0 aromatic heterocycles. The molecule has 0 aromatic carbocycles. The second kappa shape index (κ2) is 3.50. The maximum atomic E-state index is 11.6. The third-order valence-electron chi connectivity index (χ3n) is 0.532. The van der Waals surface area contributed by atoms with Gasteiger partial charge in [0.05, 0.1) is 5.88 Å². The number of alkyl halides is 1. The highest BCUT2D eigenvalue weighted by Crippen LogP contribution is 2.10. The fraction of sp³-hybridized carbons (Fsp3) is 0.250. The molecular weight excluding hydrogens is 156 g/mol. The van der Waals surface area contributed by atoms with E-state index in [2.05, 4.69) is 0 Å². The van der Waals surface area contributed by atoms with E-state index in [1.807, 2.05) is 0 Å². The molecule has 0 spiro atoms. The van der Waals surface area contributed by atoms with Crippen LogP contribution in [0.1, 0.15) is 0 Å². The van der Waals surface area contributed by atoms with Crippen LogP contribution in [0.3, 0.4) is 0 Å². The van der Waals surface area contributed by atoms with Gasteiger partial charge in [0.25, 0.3) is 0 Å². The summed E-state index contributed by atoms with van der Waals surface area (Å²) in [6.45, 7) is 0. The van der Waals surface area contributed by atoms with Gasteiger partial charge < -0.3 is 0 Å². The molecule has 0 saturated heterocycles. The van der Waals surface area contributed by atoms with Crippen LogP contribution in [-0.4, -0.2) is 11.7 Å². The normalized spacial score (nSPS) is 8.89. The lowest BCUT2D eigenvalue weighted by atomic mass is 10.4. The van der Waals surface area contributed by atoms with Gasteiger partial charge >= 0.3 is 6.08 Å². The average Bonchev–Trinajstić information content (AvgIpc) is 1.84. The van der Waals surface area contributed by atoms with Crippen molar-refractivity contribution in [2.24, 2.45) is 0 Å². The van der Waals surface area contributed by atoms with Gasteiger partial charge in [-0.2, -0.15) is 13.2 Å². The lowest BCUT2D eigenvalue weighted by Crippen LogP contribution is -1.99. The highest BCUT2D eigenvalue weighted by atomic mass is 35.5. The maximum Gasteiger partial charge on any atom is 0.309 e. The Morgan fingerprint density at radius 2 is 1.78 bits per heavy atom. The van der Waals surface area contributed by atoms with Crippen LogP contribution in [0.2, 0.25) is 0 Å². The van der Waals surface area contributed by atoms with E-state index in [0.29, 0.717) is 0 Å². The molecule has 0 aliphatic carbocycles. The van der Waals surface area contributed by atoms with Gasteiger partial charge in [-0.05, 0) is 0 Å². The summed E-state index contributed by atoms with van der Waals surface area (Å²) in [5.74, 6) is -4.20. The number of carbonyl (C=O) groups is 1. The van der Waals surface area contributed by atoms with Gasteiger partial charge in [-0.1, -0.05) is 0 Å². The number of hydrogen-bond donors (Lipinski definition) is 0. The summed E-state index contributed by atoms with van der Waals surface area (Å²) in [4.78, 5) is 9.91. The maximum absolute atomic E-state index is 11.6. The first-order chi connectivity index (χ1) is 4.09. The van der Waals surface area contributed by atoms with E-state index in [4.69, 9.17) is 11.6 Å². The number of carbonyl (C=O) groups excluding carboxylic acids is 1. The number of hydrogen-bond acceptors (Lipinski definition) is 1. The van der Waals surface area contributed by atoms with E-state index >= 15 is 0 Å². The van der Waals surface area contributed by atoms with Crippen molar-refractivity contribution in [3.63, 3.8) is 0 Å². The Labute approximate surface area is 54.1 Å². The average molecular weight is 159 g/mol. The number of rotatable bonds is 2. The molecule has 1 nitrogen and oxygen atoms in total. The van der Waals surface area contributed by atoms with Crippen molar-refractivity contribution in [3.05, 3.63) is 11.9 Å². The molecule has 0 rings (SSSR count). The van der Waals surface area contributed by atoms with Crippen molar-refractivity contribution in [1.29, 1.82) is 0 Å². The summed E-state index contributed by atoms with van der Waals surface area (Å²) in [5, 5.41) is 0. The van der Waals surface area contributed by atoms with Gasteiger partial charge in [0, 0.05) is 0 Å². The molecule has 0 aliphatic rings. The minimum atomic E-state index is -2.62. The monoisotopic (exact) mass is 158 g/mol. The Morgan fingerprint density at radius 1 is 1.33 bits per heavy atom. The van der Waals surface area contributed by atoms with Gasteiger partial charge in [0.2, 0.25) is 11.6 Å². The van der Waals surface area contributed by atoms with E-state index < -0.39 is 23.6 Å². The molecule has 52 valence electrons. The van der Waals surface area contributed by atoms with Gasteiger partial charge in [-0.3, -0.25) is 4.79 Å². The summed E-state index contributed by atoms with van der Waals surface area (Å²) in [7, 11) is 0. The fourth-order valence-electron chi connectivity index (χ4n) is 0.164. The van der Waals surface area contributed by atoms with Gasteiger partial charge in [-0.15, -0.1) is 11.6 Å². The Kier molecular flexibility index (Phi) is 3.30. The molecule has 0 aliphatic heterocycles. The first-order valence-electron chi connectivity index (χ1n) is 1.89. The van der Waals surface area contributed by atoms with Crippen LogP contribution in [0, 0.1) is 0 Å². The predicted molar refractivity (Wildman–Crippen MR) is 26.1 cm³/mol. The smallest absolute Gasteiger partial charge is 0.290 e. The summed E-state index contributed by atoms with van der Waals surface area (Å²) in [6, 6.07) is 0. The molecule has 0 radical (unpaired) electrons. The van der Waals surface area contributed by atoms with Crippen LogP contribution in [0.15, 0.2) is 11.9 Å². The summed E-state index contributed by atoms with van der Waals surface area (Å²) < 4.78 is 33.8. The SMILES string of the molecule is O=C(CCl)C(F)=C(F)F. The van der Waals surface area contributed by atoms with Crippen LogP contribution < -0.4 is 0 Å². The topological polar surface area (TPSA) is 17.1 Å². The lowest BCUT2D eigenvalue weighted by molar-refractivity contribution is -0.115. The predicted octanol–water partition coefficient (Wildman–Crippen LogP) is 1.87.